The lowest BCUT2D eigenvalue weighted by molar-refractivity contribution is 0.0302. The number of carbonyl (C=O) groups excluding carboxylic acids is 1. The molecule has 1 amide bonds. The van der Waals surface area contributed by atoms with Gasteiger partial charge in [-0.1, -0.05) is 0 Å². The predicted molar refractivity (Wildman–Crippen MR) is 117 cm³/mol. The first-order chi connectivity index (χ1) is 15.5. The molecule has 1 aliphatic rings. The number of carbonyl (C=O) groups is 1. The number of hydrogen-bond acceptors (Lipinski definition) is 8. The minimum Gasteiger partial charge on any atom is -0.495 e. The quantitative estimate of drug-likeness (QED) is 0.604. The van der Waals surface area contributed by atoms with E-state index >= 15 is 0 Å². The second-order valence-corrected chi connectivity index (χ2v) is 7.50. The topological polar surface area (TPSA) is 125 Å². The summed E-state index contributed by atoms with van der Waals surface area (Å²) in [5.41, 5.74) is 2.00. The molecule has 0 atom stereocenters. The molecule has 0 spiro atoms. The molecule has 4 rings (SSSR count). The minimum absolute atomic E-state index is 0.0705. The fourth-order valence-corrected chi connectivity index (χ4v) is 3.45. The van der Waals surface area contributed by atoms with E-state index in [1.807, 2.05) is 13.8 Å². The number of aromatic amines is 1. The lowest BCUT2D eigenvalue weighted by atomic mass is 10.1. The van der Waals surface area contributed by atoms with Crippen molar-refractivity contribution in [2.45, 2.75) is 20.0 Å². The van der Waals surface area contributed by atoms with E-state index in [1.54, 1.807) is 29.3 Å². The number of anilines is 2. The van der Waals surface area contributed by atoms with Gasteiger partial charge < -0.3 is 29.4 Å². The zero-order valence-corrected chi connectivity index (χ0v) is 18.1. The van der Waals surface area contributed by atoms with Crippen LogP contribution in [0.15, 0.2) is 24.4 Å². The number of nitrogens with zero attached hydrogens (tertiary/aromatic N) is 4. The maximum Gasteiger partial charge on any atom is 0.254 e. The van der Waals surface area contributed by atoms with Crippen molar-refractivity contribution in [2.24, 2.45) is 0 Å². The maximum atomic E-state index is 12.8. The van der Waals surface area contributed by atoms with E-state index in [2.05, 4.69) is 26.3 Å². The molecule has 3 aromatic rings. The molecular weight excluding hydrogens is 412 g/mol. The van der Waals surface area contributed by atoms with E-state index < -0.39 is 0 Å². The first-order valence-electron chi connectivity index (χ1n) is 10.3. The summed E-state index contributed by atoms with van der Waals surface area (Å²) in [7, 11) is 1.53. The van der Waals surface area contributed by atoms with Gasteiger partial charge in [-0.25, -0.2) is 0 Å². The molecule has 0 saturated carbocycles. The van der Waals surface area contributed by atoms with Crippen molar-refractivity contribution in [3.05, 3.63) is 35.5 Å². The number of fused-ring (bicyclic) bond motifs is 1. The summed E-state index contributed by atoms with van der Waals surface area (Å²) in [5.74, 6) is 0.982. The second kappa shape index (κ2) is 9.11. The number of amides is 1. The zero-order chi connectivity index (χ0) is 22.7. The number of nitrogens with one attached hydrogen (secondary N) is 2. The Morgan fingerprint density at radius 2 is 2.09 bits per heavy atom. The smallest absolute Gasteiger partial charge is 0.254 e. The molecule has 0 bridgehead atoms. The van der Waals surface area contributed by atoms with Gasteiger partial charge in [0.25, 0.3) is 5.91 Å². The highest BCUT2D eigenvalue weighted by Gasteiger charge is 2.21. The first-order valence-corrected chi connectivity index (χ1v) is 10.3. The number of hydrogen-bond donors (Lipinski definition) is 2. The van der Waals surface area contributed by atoms with Gasteiger partial charge in [0.05, 0.1) is 43.1 Å². The summed E-state index contributed by atoms with van der Waals surface area (Å²) >= 11 is 0. The molecule has 32 heavy (non-hydrogen) atoms. The number of ether oxygens (including phenoxy) is 3. The van der Waals surface area contributed by atoms with Gasteiger partial charge in [0.2, 0.25) is 11.8 Å². The molecule has 0 aliphatic carbocycles. The highest BCUT2D eigenvalue weighted by Crippen LogP contribution is 2.32. The van der Waals surface area contributed by atoms with Crippen LogP contribution < -0.4 is 14.8 Å². The Bertz CT molecular complexity index is 1180. The van der Waals surface area contributed by atoms with E-state index in [9.17, 15) is 10.1 Å². The molecule has 1 aliphatic heterocycles. The van der Waals surface area contributed by atoms with Gasteiger partial charge in [-0.05, 0) is 32.0 Å². The number of methoxy groups -OCH3 is 1. The summed E-state index contributed by atoms with van der Waals surface area (Å²) in [4.78, 5) is 26.5. The van der Waals surface area contributed by atoms with Gasteiger partial charge in [-0.15, -0.1) is 0 Å². The molecule has 0 unspecified atom stereocenters. The molecule has 1 aromatic carbocycles. The summed E-state index contributed by atoms with van der Waals surface area (Å²) in [6.07, 6.45) is 1.44. The number of morpholine rings is 1. The number of H-pyrrole nitrogens is 1. The van der Waals surface area contributed by atoms with Gasteiger partial charge in [0, 0.05) is 24.8 Å². The molecule has 10 heteroatoms. The van der Waals surface area contributed by atoms with Crippen molar-refractivity contribution in [1.29, 1.82) is 5.26 Å². The van der Waals surface area contributed by atoms with Crippen molar-refractivity contribution in [2.75, 3.05) is 38.7 Å². The normalized spacial score (nSPS) is 13.8. The highest BCUT2D eigenvalue weighted by atomic mass is 16.5. The van der Waals surface area contributed by atoms with Crippen LogP contribution in [0.25, 0.3) is 11.0 Å². The zero-order valence-electron chi connectivity index (χ0n) is 18.1. The Kier molecular flexibility index (Phi) is 6.09. The first kappa shape index (κ1) is 21.4. The lowest BCUT2D eigenvalue weighted by Crippen LogP contribution is -2.40. The number of nitriles is 1. The monoisotopic (exact) mass is 436 g/mol. The van der Waals surface area contributed by atoms with Crippen LogP contribution in [0.5, 0.6) is 11.6 Å². The van der Waals surface area contributed by atoms with E-state index in [4.69, 9.17) is 14.2 Å². The minimum atomic E-state index is -0.137. The van der Waals surface area contributed by atoms with Crippen molar-refractivity contribution in [1.82, 2.24) is 19.9 Å². The van der Waals surface area contributed by atoms with Gasteiger partial charge in [-0.2, -0.15) is 15.2 Å². The van der Waals surface area contributed by atoms with Crippen LogP contribution in [-0.4, -0.2) is 65.3 Å². The Labute approximate surface area is 185 Å². The molecular formula is C22H24N6O4. The van der Waals surface area contributed by atoms with Crippen molar-refractivity contribution < 1.29 is 19.0 Å². The average Bonchev–Trinajstić information content (AvgIpc) is 3.22. The van der Waals surface area contributed by atoms with Crippen molar-refractivity contribution >= 4 is 28.6 Å². The largest absolute Gasteiger partial charge is 0.495 e. The molecule has 1 fully saturated rings. The molecule has 10 nitrogen and oxygen atoms in total. The Morgan fingerprint density at radius 1 is 1.31 bits per heavy atom. The van der Waals surface area contributed by atoms with E-state index in [1.165, 1.54) is 7.11 Å². The van der Waals surface area contributed by atoms with Crippen LogP contribution in [0, 0.1) is 11.3 Å². The average molecular weight is 436 g/mol. The maximum absolute atomic E-state index is 12.8. The molecule has 2 aromatic heterocycles. The van der Waals surface area contributed by atoms with Crippen LogP contribution >= 0.6 is 0 Å². The van der Waals surface area contributed by atoms with Crippen LogP contribution in [-0.2, 0) is 4.74 Å². The third-order valence-electron chi connectivity index (χ3n) is 4.96. The molecule has 2 N–H and O–H groups in total. The standard InChI is InChI=1S/C22H24N6O4/c1-13(2)32-20-18-15(11-23)12-24-19(18)26-22(27-20)25-16-5-4-14(10-17(16)30-3)21(29)28-6-8-31-9-7-28/h4-5,10,12-13H,6-9H2,1-3H3,(H2,24,25,26,27). The Balaban J connectivity index is 1.64. The number of aromatic nitrogens is 3. The fraction of sp³-hybridized carbons (Fsp3) is 0.364. The third kappa shape index (κ3) is 4.29. The predicted octanol–water partition coefficient (Wildman–Crippen LogP) is 2.84. The van der Waals surface area contributed by atoms with E-state index in [0.29, 0.717) is 65.8 Å². The van der Waals surface area contributed by atoms with Crippen LogP contribution in [0.3, 0.4) is 0 Å². The Morgan fingerprint density at radius 3 is 2.78 bits per heavy atom. The highest BCUT2D eigenvalue weighted by molar-refractivity contribution is 5.95. The van der Waals surface area contributed by atoms with Crippen molar-refractivity contribution in [3.8, 4) is 17.7 Å². The summed E-state index contributed by atoms with van der Waals surface area (Å²) < 4.78 is 16.6. The van der Waals surface area contributed by atoms with Gasteiger partial charge in [0.1, 0.15) is 17.5 Å². The molecule has 0 radical (unpaired) electrons. The van der Waals surface area contributed by atoms with Crippen LogP contribution in [0.1, 0.15) is 29.8 Å². The summed E-state index contributed by atoms with van der Waals surface area (Å²) in [6, 6.07) is 7.29. The molecule has 1 saturated heterocycles. The van der Waals surface area contributed by atoms with Crippen LogP contribution in [0.2, 0.25) is 0 Å². The van der Waals surface area contributed by atoms with Gasteiger partial charge in [-0.3, -0.25) is 4.79 Å². The number of rotatable bonds is 6. The third-order valence-corrected chi connectivity index (χ3v) is 4.96. The van der Waals surface area contributed by atoms with E-state index in [-0.39, 0.29) is 18.0 Å². The van der Waals surface area contributed by atoms with E-state index in [0.717, 1.165) is 0 Å². The van der Waals surface area contributed by atoms with Gasteiger partial charge >= 0.3 is 0 Å². The Hall–Kier alpha value is -3.84. The van der Waals surface area contributed by atoms with Gasteiger partial charge in [0.15, 0.2) is 0 Å². The molecule has 166 valence electrons. The summed E-state index contributed by atoms with van der Waals surface area (Å²) in [6.45, 7) is 5.97. The molecule has 3 heterocycles. The van der Waals surface area contributed by atoms with Crippen LogP contribution in [0.4, 0.5) is 11.6 Å². The van der Waals surface area contributed by atoms with Crippen molar-refractivity contribution in [3.63, 3.8) is 0 Å². The number of benzene rings is 1. The lowest BCUT2D eigenvalue weighted by Gasteiger charge is -2.27. The fourth-order valence-electron chi connectivity index (χ4n) is 3.45. The second-order valence-electron chi connectivity index (χ2n) is 7.50. The SMILES string of the molecule is COc1cc(C(=O)N2CCOCC2)ccc1Nc1nc(OC(C)C)c2c(C#N)c[nH]c2n1. The summed E-state index contributed by atoms with van der Waals surface area (Å²) in [5, 5.41) is 13.0.